The van der Waals surface area contributed by atoms with Crippen LogP contribution in [-0.4, -0.2) is 30.6 Å². The van der Waals surface area contributed by atoms with Crippen LogP contribution in [0.4, 0.5) is 5.69 Å². The monoisotopic (exact) mass is 232 g/mol. The highest BCUT2D eigenvalue weighted by Gasteiger charge is 2.21. The largest absolute Gasteiger partial charge is 0.380 e. The van der Waals surface area contributed by atoms with Gasteiger partial charge in [-0.05, 0) is 30.5 Å². The standard InChI is InChI=1S/C15H24N2/c1-4-17(10-12(2)3)11-14-9-13-7-5-6-8-15(13)16-14/h5-8,12,14,16H,4,9-11H2,1-3H3. The lowest BCUT2D eigenvalue weighted by Crippen LogP contribution is -2.37. The zero-order chi connectivity index (χ0) is 12.3. The molecule has 2 rings (SSSR count). The van der Waals surface area contributed by atoms with E-state index in [1.807, 2.05) is 0 Å². The first-order valence-corrected chi connectivity index (χ1v) is 6.75. The van der Waals surface area contributed by atoms with E-state index in [1.165, 1.54) is 24.2 Å². The summed E-state index contributed by atoms with van der Waals surface area (Å²) in [6.45, 7) is 10.3. The average Bonchev–Trinajstić information content (AvgIpc) is 2.69. The highest BCUT2D eigenvalue weighted by atomic mass is 15.2. The summed E-state index contributed by atoms with van der Waals surface area (Å²) in [5.74, 6) is 0.749. The maximum atomic E-state index is 3.63. The fraction of sp³-hybridized carbons (Fsp3) is 0.600. The van der Waals surface area contributed by atoms with Gasteiger partial charge in [0.15, 0.2) is 0 Å². The molecule has 0 spiro atoms. The number of nitrogens with zero attached hydrogens (tertiary/aromatic N) is 1. The van der Waals surface area contributed by atoms with Crippen molar-refractivity contribution >= 4 is 5.69 Å². The Hall–Kier alpha value is -1.02. The van der Waals surface area contributed by atoms with Crippen LogP contribution < -0.4 is 5.32 Å². The van der Waals surface area contributed by atoms with Gasteiger partial charge >= 0.3 is 0 Å². The van der Waals surface area contributed by atoms with Crippen LogP contribution in [0.1, 0.15) is 26.3 Å². The highest BCUT2D eigenvalue weighted by molar-refractivity contribution is 5.56. The van der Waals surface area contributed by atoms with Crippen molar-refractivity contribution in [3.63, 3.8) is 0 Å². The molecule has 0 radical (unpaired) electrons. The molecule has 0 saturated carbocycles. The second-order valence-electron chi connectivity index (χ2n) is 5.45. The van der Waals surface area contributed by atoms with Gasteiger partial charge in [0.25, 0.3) is 0 Å². The molecule has 0 aliphatic carbocycles. The van der Waals surface area contributed by atoms with Crippen LogP contribution in [0, 0.1) is 5.92 Å². The number of hydrogen-bond donors (Lipinski definition) is 1. The molecule has 1 aromatic carbocycles. The lowest BCUT2D eigenvalue weighted by Gasteiger charge is -2.26. The molecule has 0 saturated heterocycles. The number of hydrogen-bond acceptors (Lipinski definition) is 2. The Labute approximate surface area is 105 Å². The van der Waals surface area contributed by atoms with Crippen LogP contribution in [0.2, 0.25) is 0 Å². The molecule has 0 bridgehead atoms. The van der Waals surface area contributed by atoms with Crippen LogP contribution in [-0.2, 0) is 6.42 Å². The Balaban J connectivity index is 1.90. The second kappa shape index (κ2) is 5.54. The molecule has 0 fully saturated rings. The Morgan fingerprint density at radius 3 is 2.76 bits per heavy atom. The molecule has 0 aromatic heterocycles. The van der Waals surface area contributed by atoms with Crippen LogP contribution in [0.25, 0.3) is 0 Å². The van der Waals surface area contributed by atoms with Crippen LogP contribution in [0.3, 0.4) is 0 Å². The summed E-state index contributed by atoms with van der Waals surface area (Å²) < 4.78 is 0. The number of fused-ring (bicyclic) bond motifs is 1. The van der Waals surface area contributed by atoms with E-state index in [0.29, 0.717) is 6.04 Å². The Kier molecular flexibility index (Phi) is 4.06. The molecule has 2 nitrogen and oxygen atoms in total. The molecule has 1 N–H and O–H groups in total. The van der Waals surface area contributed by atoms with E-state index in [0.717, 1.165) is 19.0 Å². The minimum atomic E-state index is 0.589. The first-order valence-electron chi connectivity index (χ1n) is 6.75. The molecule has 2 heteroatoms. The van der Waals surface area contributed by atoms with E-state index >= 15 is 0 Å². The van der Waals surface area contributed by atoms with Crippen LogP contribution in [0.5, 0.6) is 0 Å². The van der Waals surface area contributed by atoms with Gasteiger partial charge in [-0.1, -0.05) is 39.0 Å². The van der Waals surface area contributed by atoms with Gasteiger partial charge in [0.1, 0.15) is 0 Å². The minimum Gasteiger partial charge on any atom is -0.380 e. The van der Waals surface area contributed by atoms with Crippen LogP contribution >= 0.6 is 0 Å². The summed E-state index contributed by atoms with van der Waals surface area (Å²) in [6, 6.07) is 9.26. The third-order valence-electron chi connectivity index (χ3n) is 3.39. The Bertz CT molecular complexity index is 335. The van der Waals surface area contributed by atoms with Gasteiger partial charge in [0.2, 0.25) is 0 Å². The van der Waals surface area contributed by atoms with Gasteiger partial charge in [0.05, 0.1) is 0 Å². The van der Waals surface area contributed by atoms with E-state index in [4.69, 9.17) is 0 Å². The van der Waals surface area contributed by atoms with Crippen molar-refractivity contribution in [1.82, 2.24) is 4.90 Å². The van der Waals surface area contributed by atoms with E-state index in [2.05, 4.69) is 55.3 Å². The summed E-state index contributed by atoms with van der Waals surface area (Å²) >= 11 is 0. The minimum absolute atomic E-state index is 0.589. The first-order chi connectivity index (χ1) is 8.19. The molecular formula is C15H24N2. The number of anilines is 1. The third-order valence-corrected chi connectivity index (χ3v) is 3.39. The molecule has 1 atom stereocenters. The molecule has 17 heavy (non-hydrogen) atoms. The summed E-state index contributed by atoms with van der Waals surface area (Å²) in [6.07, 6.45) is 1.17. The van der Waals surface area contributed by atoms with Crippen molar-refractivity contribution in [2.45, 2.75) is 33.2 Å². The lowest BCUT2D eigenvalue weighted by atomic mass is 10.1. The predicted molar refractivity (Wildman–Crippen MR) is 74.5 cm³/mol. The zero-order valence-electron chi connectivity index (χ0n) is 11.2. The van der Waals surface area contributed by atoms with Gasteiger partial charge in [0, 0.05) is 24.8 Å². The maximum Gasteiger partial charge on any atom is 0.0429 e. The quantitative estimate of drug-likeness (QED) is 0.839. The van der Waals surface area contributed by atoms with Gasteiger partial charge in [-0.25, -0.2) is 0 Å². The van der Waals surface area contributed by atoms with Crippen molar-refractivity contribution in [2.24, 2.45) is 5.92 Å². The number of benzene rings is 1. The molecule has 94 valence electrons. The summed E-state index contributed by atoms with van der Waals surface area (Å²) in [5, 5.41) is 3.63. The van der Waals surface area contributed by atoms with Crippen molar-refractivity contribution < 1.29 is 0 Å². The van der Waals surface area contributed by atoms with E-state index in [-0.39, 0.29) is 0 Å². The van der Waals surface area contributed by atoms with E-state index in [9.17, 15) is 0 Å². The number of likely N-dealkylation sites (N-methyl/N-ethyl adjacent to an activating group) is 1. The summed E-state index contributed by atoms with van der Waals surface area (Å²) in [5.41, 5.74) is 2.80. The van der Waals surface area contributed by atoms with Gasteiger partial charge < -0.3 is 10.2 Å². The molecule has 1 aliphatic rings. The van der Waals surface area contributed by atoms with Crippen LogP contribution in [0.15, 0.2) is 24.3 Å². The van der Waals surface area contributed by atoms with Crippen molar-refractivity contribution in [2.75, 3.05) is 25.0 Å². The maximum absolute atomic E-state index is 3.63. The normalized spacial score (nSPS) is 18.5. The van der Waals surface area contributed by atoms with Crippen molar-refractivity contribution in [1.29, 1.82) is 0 Å². The lowest BCUT2D eigenvalue weighted by molar-refractivity contribution is 0.247. The molecule has 0 amide bonds. The Morgan fingerprint density at radius 1 is 1.35 bits per heavy atom. The fourth-order valence-electron chi connectivity index (χ4n) is 2.65. The Morgan fingerprint density at radius 2 is 2.12 bits per heavy atom. The molecule has 1 aliphatic heterocycles. The SMILES string of the molecule is CCN(CC(C)C)CC1Cc2ccccc2N1. The topological polar surface area (TPSA) is 15.3 Å². The number of nitrogens with one attached hydrogen (secondary N) is 1. The zero-order valence-corrected chi connectivity index (χ0v) is 11.2. The molecule has 1 aromatic rings. The second-order valence-corrected chi connectivity index (χ2v) is 5.45. The average molecular weight is 232 g/mol. The highest BCUT2D eigenvalue weighted by Crippen LogP contribution is 2.25. The van der Waals surface area contributed by atoms with Gasteiger partial charge in [-0.15, -0.1) is 0 Å². The fourth-order valence-corrected chi connectivity index (χ4v) is 2.65. The molecule has 1 heterocycles. The van der Waals surface area contributed by atoms with Gasteiger partial charge in [-0.3, -0.25) is 0 Å². The summed E-state index contributed by atoms with van der Waals surface area (Å²) in [7, 11) is 0. The molecular weight excluding hydrogens is 208 g/mol. The van der Waals surface area contributed by atoms with Crippen molar-refractivity contribution in [3.8, 4) is 0 Å². The van der Waals surface area contributed by atoms with Gasteiger partial charge in [-0.2, -0.15) is 0 Å². The van der Waals surface area contributed by atoms with E-state index < -0.39 is 0 Å². The summed E-state index contributed by atoms with van der Waals surface area (Å²) in [4.78, 5) is 2.55. The predicted octanol–water partition coefficient (Wildman–Crippen LogP) is 3.00. The smallest absolute Gasteiger partial charge is 0.0429 e. The third kappa shape index (κ3) is 3.22. The van der Waals surface area contributed by atoms with Crippen molar-refractivity contribution in [3.05, 3.63) is 29.8 Å². The number of para-hydroxylation sites is 1. The number of rotatable bonds is 5. The van der Waals surface area contributed by atoms with E-state index in [1.54, 1.807) is 0 Å². The first kappa shape index (κ1) is 12.4. The molecule has 1 unspecified atom stereocenters.